The van der Waals surface area contributed by atoms with E-state index in [-0.39, 0.29) is 0 Å². The zero-order valence-electron chi connectivity index (χ0n) is 11.9. The summed E-state index contributed by atoms with van der Waals surface area (Å²) in [5, 5.41) is 6.53. The lowest BCUT2D eigenvalue weighted by atomic mass is 10.1. The van der Waals surface area contributed by atoms with Gasteiger partial charge in [-0.2, -0.15) is 0 Å². The average molecular weight is 287 g/mol. The van der Waals surface area contributed by atoms with Gasteiger partial charge in [-0.15, -0.1) is 11.3 Å². The molecule has 2 heterocycles. The number of rotatable bonds is 4. The number of nitrogens with zero attached hydrogens (tertiary/aromatic N) is 2. The third-order valence-electron chi connectivity index (χ3n) is 3.74. The molecule has 0 unspecified atom stereocenters. The second kappa shape index (κ2) is 6.37. The minimum Gasteiger partial charge on any atom is -0.365 e. The summed E-state index contributed by atoms with van der Waals surface area (Å²) in [6, 6.07) is 8.81. The molecule has 1 aromatic carbocycles. The summed E-state index contributed by atoms with van der Waals surface area (Å²) >= 11 is 1.75. The number of thiazole rings is 1. The molecule has 1 aliphatic heterocycles. The predicted octanol–water partition coefficient (Wildman–Crippen LogP) is 3.21. The van der Waals surface area contributed by atoms with Gasteiger partial charge in [0.1, 0.15) is 5.01 Å². The highest BCUT2D eigenvalue weighted by Crippen LogP contribution is 2.27. The van der Waals surface area contributed by atoms with Crippen LogP contribution in [0.5, 0.6) is 0 Å². The number of hydrogen-bond acceptors (Lipinski definition) is 4. The van der Waals surface area contributed by atoms with Crippen molar-refractivity contribution < 1.29 is 0 Å². The molecule has 0 saturated heterocycles. The van der Waals surface area contributed by atoms with Gasteiger partial charge in [0.25, 0.3) is 0 Å². The van der Waals surface area contributed by atoms with E-state index in [1.807, 2.05) is 7.05 Å². The maximum absolute atomic E-state index is 4.71. The third-order valence-corrected chi connectivity index (χ3v) is 4.63. The lowest BCUT2D eigenvalue weighted by molar-refractivity contribution is 0.707. The van der Waals surface area contributed by atoms with Gasteiger partial charge in [0.05, 0.1) is 12.2 Å². The van der Waals surface area contributed by atoms with Gasteiger partial charge in [0.15, 0.2) is 0 Å². The number of nitrogens with one attached hydrogen (secondary N) is 1. The summed E-state index contributed by atoms with van der Waals surface area (Å²) in [6.45, 7) is 2.92. The largest absolute Gasteiger partial charge is 0.365 e. The van der Waals surface area contributed by atoms with Gasteiger partial charge in [-0.05, 0) is 37.9 Å². The van der Waals surface area contributed by atoms with E-state index in [9.17, 15) is 0 Å². The molecular formula is C16H21N3S. The molecule has 0 aliphatic carbocycles. The second-order valence-electron chi connectivity index (χ2n) is 5.27. The summed E-state index contributed by atoms with van der Waals surface area (Å²) in [7, 11) is 1.96. The van der Waals surface area contributed by atoms with Crippen LogP contribution in [0.4, 0.5) is 5.69 Å². The van der Waals surface area contributed by atoms with E-state index in [1.54, 1.807) is 11.3 Å². The SMILES string of the molecule is CNCc1nc(CN2CCCCc3ccccc32)cs1. The van der Waals surface area contributed by atoms with Gasteiger partial charge in [0, 0.05) is 24.2 Å². The summed E-state index contributed by atoms with van der Waals surface area (Å²) in [6.07, 6.45) is 3.76. The third kappa shape index (κ3) is 3.02. The molecule has 2 aromatic rings. The molecule has 0 radical (unpaired) electrons. The van der Waals surface area contributed by atoms with Gasteiger partial charge >= 0.3 is 0 Å². The molecule has 20 heavy (non-hydrogen) atoms. The smallest absolute Gasteiger partial charge is 0.107 e. The number of aromatic nitrogens is 1. The minimum atomic E-state index is 0.862. The second-order valence-corrected chi connectivity index (χ2v) is 6.21. The molecule has 3 nitrogen and oxygen atoms in total. The maximum atomic E-state index is 4.71. The zero-order chi connectivity index (χ0) is 13.8. The lowest BCUT2D eigenvalue weighted by Gasteiger charge is -2.24. The Morgan fingerprint density at radius 3 is 3.10 bits per heavy atom. The molecular weight excluding hydrogens is 266 g/mol. The lowest BCUT2D eigenvalue weighted by Crippen LogP contribution is -2.23. The van der Waals surface area contributed by atoms with Crippen LogP contribution in [-0.2, 0) is 19.5 Å². The van der Waals surface area contributed by atoms with Crippen LogP contribution < -0.4 is 10.2 Å². The van der Waals surface area contributed by atoms with Crippen LogP contribution in [0.2, 0.25) is 0 Å². The highest BCUT2D eigenvalue weighted by molar-refractivity contribution is 7.09. The van der Waals surface area contributed by atoms with Crippen molar-refractivity contribution in [3.8, 4) is 0 Å². The first-order chi connectivity index (χ1) is 9.86. The number of fused-ring (bicyclic) bond motifs is 1. The van der Waals surface area contributed by atoms with E-state index in [1.165, 1.54) is 41.2 Å². The number of aryl methyl sites for hydroxylation is 1. The van der Waals surface area contributed by atoms with Crippen molar-refractivity contribution in [1.29, 1.82) is 0 Å². The topological polar surface area (TPSA) is 28.2 Å². The number of hydrogen-bond donors (Lipinski definition) is 1. The van der Waals surface area contributed by atoms with Gasteiger partial charge in [-0.25, -0.2) is 4.98 Å². The monoisotopic (exact) mass is 287 g/mol. The first-order valence-corrected chi connectivity index (χ1v) is 8.15. The van der Waals surface area contributed by atoms with Gasteiger partial charge < -0.3 is 10.2 Å². The van der Waals surface area contributed by atoms with Crippen LogP contribution in [-0.4, -0.2) is 18.6 Å². The molecule has 106 valence electrons. The van der Waals surface area contributed by atoms with Crippen LogP contribution in [0.15, 0.2) is 29.6 Å². The fourth-order valence-electron chi connectivity index (χ4n) is 2.78. The number of anilines is 1. The van der Waals surface area contributed by atoms with E-state index in [4.69, 9.17) is 4.98 Å². The molecule has 4 heteroatoms. The summed E-state index contributed by atoms with van der Waals surface area (Å²) in [5.74, 6) is 0. The van der Waals surface area contributed by atoms with Crippen LogP contribution in [0, 0.1) is 0 Å². The molecule has 3 rings (SSSR count). The Hall–Kier alpha value is -1.39. The maximum Gasteiger partial charge on any atom is 0.107 e. The van der Waals surface area contributed by atoms with E-state index in [2.05, 4.69) is 39.9 Å². The Morgan fingerprint density at radius 2 is 2.20 bits per heavy atom. The molecule has 1 aliphatic rings. The van der Waals surface area contributed by atoms with Crippen LogP contribution in [0.3, 0.4) is 0 Å². The zero-order valence-corrected chi connectivity index (χ0v) is 12.7. The standard InChI is InChI=1S/C16H21N3S/c1-17-10-16-18-14(12-20-16)11-19-9-5-4-7-13-6-2-3-8-15(13)19/h2-3,6,8,12,17H,4-5,7,9-11H2,1H3. The van der Waals surface area contributed by atoms with E-state index in [0.717, 1.165) is 19.6 Å². The molecule has 0 atom stereocenters. The Kier molecular flexibility index (Phi) is 4.33. The van der Waals surface area contributed by atoms with Crippen molar-refractivity contribution in [2.24, 2.45) is 0 Å². The fourth-order valence-corrected chi connectivity index (χ4v) is 3.58. The fraction of sp³-hybridized carbons (Fsp3) is 0.438. The first-order valence-electron chi connectivity index (χ1n) is 7.27. The van der Waals surface area contributed by atoms with Crippen molar-refractivity contribution in [2.75, 3.05) is 18.5 Å². The molecule has 0 saturated carbocycles. The Labute approximate surface area is 124 Å². The normalized spacial score (nSPS) is 14.9. The van der Waals surface area contributed by atoms with E-state index in [0.29, 0.717) is 0 Å². The average Bonchev–Trinajstić information content (AvgIpc) is 2.80. The number of para-hydroxylation sites is 1. The van der Waals surface area contributed by atoms with Crippen LogP contribution in [0.1, 0.15) is 29.1 Å². The van der Waals surface area contributed by atoms with Gasteiger partial charge in [0.2, 0.25) is 0 Å². The molecule has 0 bridgehead atoms. The summed E-state index contributed by atoms with van der Waals surface area (Å²) in [5.41, 5.74) is 4.07. The minimum absolute atomic E-state index is 0.862. The predicted molar refractivity (Wildman–Crippen MR) is 85.3 cm³/mol. The van der Waals surface area contributed by atoms with Crippen molar-refractivity contribution in [1.82, 2.24) is 10.3 Å². The van der Waals surface area contributed by atoms with E-state index < -0.39 is 0 Å². The summed E-state index contributed by atoms with van der Waals surface area (Å²) < 4.78 is 0. The van der Waals surface area contributed by atoms with Crippen molar-refractivity contribution in [2.45, 2.75) is 32.4 Å². The van der Waals surface area contributed by atoms with Crippen molar-refractivity contribution >= 4 is 17.0 Å². The van der Waals surface area contributed by atoms with Crippen molar-refractivity contribution in [3.63, 3.8) is 0 Å². The highest BCUT2D eigenvalue weighted by atomic mass is 32.1. The highest BCUT2D eigenvalue weighted by Gasteiger charge is 2.16. The Balaban J connectivity index is 1.79. The van der Waals surface area contributed by atoms with Crippen molar-refractivity contribution in [3.05, 3.63) is 45.9 Å². The van der Waals surface area contributed by atoms with Gasteiger partial charge in [-0.3, -0.25) is 0 Å². The quantitative estimate of drug-likeness (QED) is 0.936. The summed E-state index contributed by atoms with van der Waals surface area (Å²) in [4.78, 5) is 7.20. The van der Waals surface area contributed by atoms with E-state index >= 15 is 0 Å². The number of benzene rings is 1. The van der Waals surface area contributed by atoms with Gasteiger partial charge in [-0.1, -0.05) is 18.2 Å². The Bertz CT molecular complexity index is 564. The molecule has 1 N–H and O–H groups in total. The molecule has 1 aromatic heterocycles. The van der Waals surface area contributed by atoms with Crippen LogP contribution in [0.25, 0.3) is 0 Å². The van der Waals surface area contributed by atoms with Crippen LogP contribution >= 0.6 is 11.3 Å². The molecule has 0 spiro atoms. The Morgan fingerprint density at radius 1 is 1.30 bits per heavy atom. The molecule has 0 amide bonds. The first kappa shape index (κ1) is 13.6. The molecule has 0 fully saturated rings.